The molecule has 0 bridgehead atoms. The maximum absolute atomic E-state index is 6.02. The first kappa shape index (κ1) is 13.4. The van der Waals surface area contributed by atoms with E-state index < -0.39 is 0 Å². The number of piperidine rings is 1. The zero-order chi connectivity index (χ0) is 12.4. The lowest BCUT2D eigenvalue weighted by Crippen LogP contribution is -2.49. The average Bonchev–Trinajstić information content (AvgIpc) is 2.33. The van der Waals surface area contributed by atoms with Crippen LogP contribution in [0.2, 0.25) is 0 Å². The predicted octanol–water partition coefficient (Wildman–Crippen LogP) is 2.87. The number of nitrogens with two attached hydrogens (primary N) is 1. The summed E-state index contributed by atoms with van der Waals surface area (Å²) < 4.78 is 0. The third kappa shape index (κ3) is 3.03. The summed E-state index contributed by atoms with van der Waals surface area (Å²) in [5.74, 6) is 2.57. The molecule has 0 aromatic carbocycles. The number of nitrogens with zero attached hydrogens (tertiary/aromatic N) is 1. The summed E-state index contributed by atoms with van der Waals surface area (Å²) in [7, 11) is 0. The molecule has 2 aliphatic rings. The minimum Gasteiger partial charge on any atom is -0.328 e. The van der Waals surface area contributed by atoms with E-state index in [2.05, 4.69) is 25.7 Å². The van der Waals surface area contributed by atoms with Crippen LogP contribution in [0.5, 0.6) is 0 Å². The fourth-order valence-electron chi connectivity index (χ4n) is 3.85. The van der Waals surface area contributed by atoms with Crippen molar-refractivity contribution in [3.63, 3.8) is 0 Å². The average molecular weight is 238 g/mol. The molecule has 4 unspecified atom stereocenters. The highest BCUT2D eigenvalue weighted by atomic mass is 15.2. The lowest BCUT2D eigenvalue weighted by Gasteiger charge is -2.45. The summed E-state index contributed by atoms with van der Waals surface area (Å²) in [6.45, 7) is 9.64. The highest BCUT2D eigenvalue weighted by Gasteiger charge is 2.33. The van der Waals surface area contributed by atoms with Crippen LogP contribution in [0.3, 0.4) is 0 Å². The van der Waals surface area contributed by atoms with E-state index >= 15 is 0 Å². The van der Waals surface area contributed by atoms with Gasteiger partial charge in [-0.15, -0.1) is 0 Å². The fraction of sp³-hybridized carbons (Fsp3) is 1.00. The summed E-state index contributed by atoms with van der Waals surface area (Å²) in [5, 5.41) is 0. The van der Waals surface area contributed by atoms with Gasteiger partial charge in [-0.3, -0.25) is 0 Å². The largest absolute Gasteiger partial charge is 0.328 e. The van der Waals surface area contributed by atoms with Crippen LogP contribution in [0.4, 0.5) is 0 Å². The first-order valence-electron chi connectivity index (χ1n) is 7.59. The quantitative estimate of drug-likeness (QED) is 0.801. The standard InChI is InChI=1S/C15H30N2/c1-11-5-4-6-15(12(11)2)17-9-7-14(8-10-17)13(3)16/h11-15H,4-10,16H2,1-3H3. The van der Waals surface area contributed by atoms with Crippen LogP contribution in [0, 0.1) is 17.8 Å². The van der Waals surface area contributed by atoms with Crippen LogP contribution in [0.15, 0.2) is 0 Å². The van der Waals surface area contributed by atoms with E-state index in [1.165, 1.54) is 45.2 Å². The minimum absolute atomic E-state index is 0.389. The zero-order valence-electron chi connectivity index (χ0n) is 11.9. The summed E-state index contributed by atoms with van der Waals surface area (Å²) in [4.78, 5) is 2.76. The van der Waals surface area contributed by atoms with Crippen molar-refractivity contribution in [1.29, 1.82) is 0 Å². The van der Waals surface area contributed by atoms with Gasteiger partial charge in [-0.05, 0) is 57.0 Å². The molecule has 0 amide bonds. The number of hydrogen-bond donors (Lipinski definition) is 1. The van der Waals surface area contributed by atoms with Crippen molar-refractivity contribution in [3.8, 4) is 0 Å². The van der Waals surface area contributed by atoms with Crippen molar-refractivity contribution in [3.05, 3.63) is 0 Å². The van der Waals surface area contributed by atoms with E-state index in [1.807, 2.05) is 0 Å². The molecule has 1 saturated carbocycles. The Balaban J connectivity index is 1.87. The van der Waals surface area contributed by atoms with Crippen LogP contribution >= 0.6 is 0 Å². The van der Waals surface area contributed by atoms with Gasteiger partial charge < -0.3 is 10.6 Å². The molecule has 1 aliphatic heterocycles. The molecule has 0 aromatic heterocycles. The summed E-state index contributed by atoms with van der Waals surface area (Å²) in [5.41, 5.74) is 6.02. The summed E-state index contributed by atoms with van der Waals surface area (Å²) in [6, 6.07) is 1.24. The van der Waals surface area contributed by atoms with Crippen LogP contribution in [0.1, 0.15) is 52.9 Å². The Labute approximate surface area is 107 Å². The first-order valence-corrected chi connectivity index (χ1v) is 7.59. The van der Waals surface area contributed by atoms with Crippen molar-refractivity contribution in [2.75, 3.05) is 13.1 Å². The Morgan fingerprint density at radius 3 is 2.29 bits per heavy atom. The maximum atomic E-state index is 6.02. The molecular weight excluding hydrogens is 208 g/mol. The number of rotatable bonds is 2. The molecule has 2 fully saturated rings. The smallest absolute Gasteiger partial charge is 0.0123 e. The minimum atomic E-state index is 0.389. The lowest BCUT2D eigenvalue weighted by atomic mass is 9.76. The summed E-state index contributed by atoms with van der Waals surface area (Å²) in [6.07, 6.45) is 6.93. The zero-order valence-corrected chi connectivity index (χ0v) is 11.9. The molecule has 2 heteroatoms. The third-order valence-electron chi connectivity index (χ3n) is 5.45. The van der Waals surface area contributed by atoms with E-state index in [1.54, 1.807) is 0 Å². The van der Waals surface area contributed by atoms with Crippen molar-refractivity contribution in [2.24, 2.45) is 23.5 Å². The van der Waals surface area contributed by atoms with E-state index in [9.17, 15) is 0 Å². The molecular formula is C15H30N2. The molecule has 17 heavy (non-hydrogen) atoms. The second kappa shape index (κ2) is 5.71. The van der Waals surface area contributed by atoms with Crippen LogP contribution in [-0.4, -0.2) is 30.1 Å². The second-order valence-corrected chi connectivity index (χ2v) is 6.57. The number of hydrogen-bond acceptors (Lipinski definition) is 2. The van der Waals surface area contributed by atoms with Crippen molar-refractivity contribution >= 4 is 0 Å². The van der Waals surface area contributed by atoms with E-state index in [-0.39, 0.29) is 0 Å². The Bertz CT molecular complexity index is 231. The molecule has 2 rings (SSSR count). The van der Waals surface area contributed by atoms with E-state index in [0.717, 1.165) is 23.8 Å². The van der Waals surface area contributed by atoms with E-state index in [4.69, 9.17) is 5.73 Å². The van der Waals surface area contributed by atoms with Gasteiger partial charge in [0.15, 0.2) is 0 Å². The fourth-order valence-corrected chi connectivity index (χ4v) is 3.85. The Kier molecular flexibility index (Phi) is 4.48. The molecule has 0 aromatic rings. The molecule has 1 saturated heterocycles. The normalized spacial score (nSPS) is 39.2. The van der Waals surface area contributed by atoms with Crippen LogP contribution in [-0.2, 0) is 0 Å². The van der Waals surface area contributed by atoms with Gasteiger partial charge in [0.05, 0.1) is 0 Å². The monoisotopic (exact) mass is 238 g/mol. The van der Waals surface area contributed by atoms with Crippen molar-refractivity contribution < 1.29 is 0 Å². The maximum Gasteiger partial charge on any atom is 0.0123 e. The van der Waals surface area contributed by atoms with E-state index in [0.29, 0.717) is 6.04 Å². The Morgan fingerprint density at radius 1 is 1.06 bits per heavy atom. The van der Waals surface area contributed by atoms with Gasteiger partial charge in [-0.25, -0.2) is 0 Å². The highest BCUT2D eigenvalue weighted by Crippen LogP contribution is 2.34. The van der Waals surface area contributed by atoms with Gasteiger partial charge in [0.25, 0.3) is 0 Å². The topological polar surface area (TPSA) is 29.3 Å². The molecule has 1 aliphatic carbocycles. The van der Waals surface area contributed by atoms with Crippen molar-refractivity contribution in [1.82, 2.24) is 4.90 Å². The van der Waals surface area contributed by atoms with Gasteiger partial charge in [-0.1, -0.05) is 26.7 Å². The molecule has 4 atom stereocenters. The van der Waals surface area contributed by atoms with Gasteiger partial charge in [0.1, 0.15) is 0 Å². The SMILES string of the molecule is CC(N)C1CCN(C2CCCC(C)C2C)CC1. The highest BCUT2D eigenvalue weighted by molar-refractivity contribution is 4.88. The van der Waals surface area contributed by atoms with Crippen LogP contribution in [0.25, 0.3) is 0 Å². The molecule has 0 spiro atoms. The third-order valence-corrected chi connectivity index (χ3v) is 5.45. The van der Waals surface area contributed by atoms with Crippen molar-refractivity contribution in [2.45, 2.75) is 65.0 Å². The van der Waals surface area contributed by atoms with Crippen LogP contribution < -0.4 is 5.73 Å². The molecule has 1 heterocycles. The van der Waals surface area contributed by atoms with Gasteiger partial charge in [0, 0.05) is 12.1 Å². The Morgan fingerprint density at radius 2 is 1.71 bits per heavy atom. The molecule has 2 nitrogen and oxygen atoms in total. The Hall–Kier alpha value is -0.0800. The predicted molar refractivity (Wildman–Crippen MR) is 73.9 cm³/mol. The molecule has 0 radical (unpaired) electrons. The van der Waals surface area contributed by atoms with Gasteiger partial charge >= 0.3 is 0 Å². The number of likely N-dealkylation sites (tertiary alicyclic amines) is 1. The molecule has 100 valence electrons. The lowest BCUT2D eigenvalue weighted by molar-refractivity contribution is 0.0494. The second-order valence-electron chi connectivity index (χ2n) is 6.57. The summed E-state index contributed by atoms with van der Waals surface area (Å²) >= 11 is 0. The first-order chi connectivity index (χ1) is 8.09. The van der Waals surface area contributed by atoms with Gasteiger partial charge in [0.2, 0.25) is 0 Å². The molecule has 2 N–H and O–H groups in total. The van der Waals surface area contributed by atoms with Gasteiger partial charge in [-0.2, -0.15) is 0 Å².